The van der Waals surface area contributed by atoms with Crippen molar-refractivity contribution in [3.05, 3.63) is 59.3 Å². The minimum atomic E-state index is -0.0936. The van der Waals surface area contributed by atoms with Gasteiger partial charge < -0.3 is 4.74 Å². The number of pyridine rings is 2. The van der Waals surface area contributed by atoms with Gasteiger partial charge in [0, 0.05) is 59.0 Å². The maximum Gasteiger partial charge on any atom is 0.213 e. The Balaban J connectivity index is 2.06. The molecule has 4 aromatic rings. The van der Waals surface area contributed by atoms with Crippen molar-refractivity contribution in [1.82, 2.24) is 19.7 Å². The number of nitrogens with zero attached hydrogens (tertiary/aromatic N) is 4. The van der Waals surface area contributed by atoms with Gasteiger partial charge in [-0.2, -0.15) is 5.10 Å². The zero-order valence-electron chi connectivity index (χ0n) is 13.2. The van der Waals surface area contributed by atoms with Crippen LogP contribution in [0.25, 0.3) is 32.8 Å². The first-order valence-electron chi connectivity index (χ1n) is 7.41. The molecule has 0 unspecified atom stereocenters. The molecule has 0 saturated heterocycles. The molecule has 118 valence electrons. The average molecular weight is 318 g/mol. The smallest absolute Gasteiger partial charge is 0.213 e. The van der Waals surface area contributed by atoms with Crippen LogP contribution in [0.4, 0.5) is 0 Å². The normalized spacial score (nSPS) is 11.1. The highest BCUT2D eigenvalue weighted by Gasteiger charge is 2.08. The number of methoxy groups -OCH3 is 1. The molecule has 0 spiro atoms. The van der Waals surface area contributed by atoms with Crippen LogP contribution in [0.1, 0.15) is 0 Å². The molecule has 0 aliphatic heterocycles. The Morgan fingerprint density at radius 3 is 2.62 bits per heavy atom. The molecule has 3 aromatic heterocycles. The van der Waals surface area contributed by atoms with Crippen molar-refractivity contribution in [2.45, 2.75) is 0 Å². The quantitative estimate of drug-likeness (QED) is 0.568. The standard InChI is InChI=1S/C18H14N4O2/c1-22-10-13(9-21-22)12-5-15-16(19-8-12)4-3-11-7-20-17(24-2)6-14(11)18(15)23/h3-10H,1-2H3. The summed E-state index contributed by atoms with van der Waals surface area (Å²) < 4.78 is 6.86. The van der Waals surface area contributed by atoms with Crippen molar-refractivity contribution in [1.29, 1.82) is 0 Å². The Morgan fingerprint density at radius 1 is 1.00 bits per heavy atom. The first-order chi connectivity index (χ1) is 11.7. The number of aryl methyl sites for hydroxylation is 1. The van der Waals surface area contributed by atoms with Crippen LogP contribution < -0.4 is 10.2 Å². The number of ether oxygens (including phenoxy) is 1. The van der Waals surface area contributed by atoms with Gasteiger partial charge in [0.25, 0.3) is 0 Å². The largest absolute Gasteiger partial charge is 0.481 e. The molecular weight excluding hydrogens is 304 g/mol. The first kappa shape index (κ1) is 14.3. The molecule has 24 heavy (non-hydrogen) atoms. The van der Waals surface area contributed by atoms with E-state index in [0.717, 1.165) is 16.5 Å². The minimum Gasteiger partial charge on any atom is -0.481 e. The molecule has 0 bridgehead atoms. The summed E-state index contributed by atoms with van der Waals surface area (Å²) >= 11 is 0. The van der Waals surface area contributed by atoms with Gasteiger partial charge in [0.1, 0.15) is 0 Å². The minimum absolute atomic E-state index is 0.0936. The lowest BCUT2D eigenvalue weighted by molar-refractivity contribution is 0.399. The summed E-state index contributed by atoms with van der Waals surface area (Å²) in [5.41, 5.74) is 2.32. The molecule has 0 fully saturated rings. The van der Waals surface area contributed by atoms with Gasteiger partial charge in [-0.3, -0.25) is 14.5 Å². The van der Waals surface area contributed by atoms with Gasteiger partial charge in [0.2, 0.25) is 5.88 Å². The third kappa shape index (κ3) is 2.28. The van der Waals surface area contributed by atoms with E-state index >= 15 is 0 Å². The van der Waals surface area contributed by atoms with Gasteiger partial charge in [0.15, 0.2) is 5.43 Å². The SMILES string of the molecule is COc1cc2c(=O)c3cc(-c4cnn(C)c4)cnc3ccc2cn1. The molecule has 0 amide bonds. The third-order valence-electron chi connectivity index (χ3n) is 3.99. The number of hydrogen-bond acceptors (Lipinski definition) is 5. The highest BCUT2D eigenvalue weighted by atomic mass is 16.5. The van der Waals surface area contributed by atoms with E-state index in [1.807, 2.05) is 31.4 Å². The molecule has 1 aromatic carbocycles. The van der Waals surface area contributed by atoms with Crippen molar-refractivity contribution in [2.75, 3.05) is 7.11 Å². The van der Waals surface area contributed by atoms with Crippen LogP contribution in [0.3, 0.4) is 0 Å². The summed E-state index contributed by atoms with van der Waals surface area (Å²) in [5.74, 6) is 0.412. The molecule has 0 aliphatic carbocycles. The monoisotopic (exact) mass is 318 g/mol. The second kappa shape index (κ2) is 5.42. The highest BCUT2D eigenvalue weighted by molar-refractivity contribution is 5.93. The van der Waals surface area contributed by atoms with Gasteiger partial charge in [-0.25, -0.2) is 4.98 Å². The Kier molecular flexibility index (Phi) is 3.23. The Morgan fingerprint density at radius 2 is 1.88 bits per heavy atom. The predicted octanol–water partition coefficient (Wildman–Crippen LogP) is 2.55. The van der Waals surface area contributed by atoms with Gasteiger partial charge >= 0.3 is 0 Å². The van der Waals surface area contributed by atoms with E-state index in [1.54, 1.807) is 29.3 Å². The summed E-state index contributed by atoms with van der Waals surface area (Å²) in [6.45, 7) is 0. The van der Waals surface area contributed by atoms with E-state index in [9.17, 15) is 4.79 Å². The number of fused-ring (bicyclic) bond motifs is 2. The molecular formula is C18H14N4O2. The van der Waals surface area contributed by atoms with Gasteiger partial charge in [-0.1, -0.05) is 6.07 Å². The second-order valence-corrected chi connectivity index (χ2v) is 5.54. The second-order valence-electron chi connectivity index (χ2n) is 5.54. The van der Waals surface area contributed by atoms with Gasteiger partial charge in [-0.05, 0) is 12.1 Å². The van der Waals surface area contributed by atoms with E-state index in [2.05, 4.69) is 15.1 Å². The zero-order chi connectivity index (χ0) is 16.7. The molecule has 0 aliphatic rings. The van der Waals surface area contributed by atoms with Crippen molar-refractivity contribution in [2.24, 2.45) is 7.05 Å². The number of aromatic nitrogens is 4. The Bertz CT molecular complexity index is 1130. The van der Waals surface area contributed by atoms with E-state index in [-0.39, 0.29) is 5.43 Å². The lowest BCUT2D eigenvalue weighted by Gasteiger charge is -1.99. The van der Waals surface area contributed by atoms with Gasteiger partial charge in [0.05, 0.1) is 18.8 Å². The van der Waals surface area contributed by atoms with Crippen LogP contribution >= 0.6 is 0 Å². The average Bonchev–Trinajstić information content (AvgIpc) is 2.99. The molecule has 0 atom stereocenters. The molecule has 6 nitrogen and oxygen atoms in total. The molecule has 0 saturated carbocycles. The summed E-state index contributed by atoms with van der Waals surface area (Å²) in [7, 11) is 3.38. The fraction of sp³-hybridized carbons (Fsp3) is 0.111. The van der Waals surface area contributed by atoms with Crippen molar-refractivity contribution < 1.29 is 4.74 Å². The third-order valence-corrected chi connectivity index (χ3v) is 3.99. The summed E-state index contributed by atoms with van der Waals surface area (Å²) in [6, 6.07) is 7.20. The predicted molar refractivity (Wildman–Crippen MR) is 92.1 cm³/mol. The highest BCUT2D eigenvalue weighted by Crippen LogP contribution is 2.22. The summed E-state index contributed by atoms with van der Waals surface area (Å²) in [4.78, 5) is 21.6. The number of rotatable bonds is 2. The van der Waals surface area contributed by atoms with Gasteiger partial charge in [-0.15, -0.1) is 0 Å². The molecule has 0 N–H and O–H groups in total. The number of hydrogen-bond donors (Lipinski definition) is 0. The van der Waals surface area contributed by atoms with Crippen LogP contribution in [-0.4, -0.2) is 26.9 Å². The lowest BCUT2D eigenvalue weighted by atomic mass is 10.1. The lowest BCUT2D eigenvalue weighted by Crippen LogP contribution is -2.00. The van der Waals surface area contributed by atoms with Crippen LogP contribution in [0.15, 0.2) is 53.8 Å². The summed E-state index contributed by atoms with van der Waals surface area (Å²) in [6.07, 6.45) is 7.03. The Labute approximate surface area is 137 Å². The van der Waals surface area contributed by atoms with E-state index in [0.29, 0.717) is 22.2 Å². The van der Waals surface area contributed by atoms with Crippen molar-refractivity contribution in [3.63, 3.8) is 0 Å². The fourth-order valence-corrected chi connectivity index (χ4v) is 2.72. The Hall–Kier alpha value is -3.28. The first-order valence-corrected chi connectivity index (χ1v) is 7.41. The molecule has 6 heteroatoms. The molecule has 4 rings (SSSR count). The maximum atomic E-state index is 13.0. The molecule has 3 heterocycles. The maximum absolute atomic E-state index is 13.0. The van der Waals surface area contributed by atoms with E-state index in [4.69, 9.17) is 4.74 Å². The topological polar surface area (TPSA) is 69.9 Å². The van der Waals surface area contributed by atoms with E-state index < -0.39 is 0 Å². The fourth-order valence-electron chi connectivity index (χ4n) is 2.72. The molecule has 0 radical (unpaired) electrons. The van der Waals surface area contributed by atoms with Crippen molar-refractivity contribution in [3.8, 4) is 17.0 Å². The zero-order valence-corrected chi connectivity index (χ0v) is 13.2. The van der Waals surface area contributed by atoms with Crippen molar-refractivity contribution >= 4 is 21.7 Å². The summed E-state index contributed by atoms with van der Waals surface area (Å²) in [5, 5.41) is 6.03. The van der Waals surface area contributed by atoms with Crippen LogP contribution in [0.5, 0.6) is 5.88 Å². The van der Waals surface area contributed by atoms with Crippen LogP contribution in [-0.2, 0) is 7.05 Å². The van der Waals surface area contributed by atoms with Crippen LogP contribution in [0, 0.1) is 0 Å². The van der Waals surface area contributed by atoms with Crippen LogP contribution in [0.2, 0.25) is 0 Å². The van der Waals surface area contributed by atoms with E-state index in [1.165, 1.54) is 7.11 Å².